The topological polar surface area (TPSA) is 65.5 Å². The number of carbonyl (C=O) groups excluding carboxylic acids is 1. The van der Waals surface area contributed by atoms with Crippen LogP contribution in [-0.2, 0) is 0 Å². The molecule has 6 heteroatoms. The first-order valence-electron chi connectivity index (χ1n) is 9.59. The molecule has 2 bridgehead atoms. The van der Waals surface area contributed by atoms with E-state index in [9.17, 15) is 4.79 Å². The summed E-state index contributed by atoms with van der Waals surface area (Å²) >= 11 is 0. The monoisotopic (exact) mass is 340 g/mol. The molecule has 4 fully saturated rings. The largest absolute Gasteiger partial charge is 0.371 e. The molecular formula is C19H26N5O+. The summed E-state index contributed by atoms with van der Waals surface area (Å²) in [4.78, 5) is 17.7. The number of hydrogen-bond donors (Lipinski definition) is 2. The van der Waals surface area contributed by atoms with Crippen LogP contribution < -0.4 is 15.3 Å². The lowest BCUT2D eigenvalue weighted by atomic mass is 9.84. The Balaban J connectivity index is 1.36. The highest BCUT2D eigenvalue weighted by Gasteiger charge is 2.36. The van der Waals surface area contributed by atoms with Crippen molar-refractivity contribution in [2.24, 2.45) is 5.92 Å². The van der Waals surface area contributed by atoms with E-state index in [4.69, 9.17) is 0 Å². The number of amides is 1. The highest BCUT2D eigenvalue weighted by Crippen LogP contribution is 2.28. The zero-order valence-electron chi connectivity index (χ0n) is 14.6. The Labute approximate surface area is 147 Å². The Kier molecular flexibility index (Phi) is 3.66. The SMILES string of the molecule is O=C(N[C@@H]1CN2CCC1CC2)c1[nH+][nH]c2cc(N3CCCC3)ccc12. The third-order valence-electron chi connectivity index (χ3n) is 6.27. The smallest absolute Gasteiger partial charge is 0.319 e. The van der Waals surface area contributed by atoms with Crippen molar-refractivity contribution in [3.05, 3.63) is 23.9 Å². The molecule has 3 N–H and O–H groups in total. The Bertz CT molecular complexity index is 786. The van der Waals surface area contributed by atoms with E-state index in [0.29, 0.717) is 11.6 Å². The Morgan fingerprint density at radius 2 is 1.96 bits per heavy atom. The highest BCUT2D eigenvalue weighted by atomic mass is 16.2. The number of aromatic nitrogens is 2. The van der Waals surface area contributed by atoms with Gasteiger partial charge >= 0.3 is 11.6 Å². The van der Waals surface area contributed by atoms with Crippen molar-refractivity contribution in [1.82, 2.24) is 15.3 Å². The molecule has 4 aliphatic rings. The molecule has 0 spiro atoms. The number of nitrogens with zero attached hydrogens (tertiary/aromatic N) is 2. The van der Waals surface area contributed by atoms with Crippen molar-refractivity contribution < 1.29 is 9.89 Å². The molecule has 1 atom stereocenters. The number of aromatic amines is 2. The molecular weight excluding hydrogens is 314 g/mol. The Hall–Kier alpha value is -2.08. The van der Waals surface area contributed by atoms with Gasteiger partial charge in [-0.3, -0.25) is 4.79 Å². The van der Waals surface area contributed by atoms with Crippen LogP contribution in [0.2, 0.25) is 0 Å². The van der Waals surface area contributed by atoms with Gasteiger partial charge in [0.05, 0.1) is 5.39 Å². The van der Waals surface area contributed by atoms with Gasteiger partial charge in [0.1, 0.15) is 5.52 Å². The molecule has 5 heterocycles. The molecule has 4 saturated heterocycles. The van der Waals surface area contributed by atoms with E-state index in [1.165, 1.54) is 44.5 Å². The lowest BCUT2D eigenvalue weighted by molar-refractivity contribution is -0.449. The van der Waals surface area contributed by atoms with Crippen LogP contribution in [0, 0.1) is 5.92 Å². The second-order valence-corrected chi connectivity index (χ2v) is 7.77. The van der Waals surface area contributed by atoms with E-state index < -0.39 is 0 Å². The van der Waals surface area contributed by atoms with Crippen molar-refractivity contribution in [2.75, 3.05) is 37.6 Å². The summed E-state index contributed by atoms with van der Waals surface area (Å²) in [5.41, 5.74) is 2.90. The third kappa shape index (κ3) is 2.68. The molecule has 0 aliphatic carbocycles. The predicted octanol–water partition coefficient (Wildman–Crippen LogP) is 1.41. The first-order chi connectivity index (χ1) is 12.3. The van der Waals surface area contributed by atoms with Gasteiger partial charge in [0.25, 0.3) is 0 Å². The fourth-order valence-corrected chi connectivity index (χ4v) is 4.77. The van der Waals surface area contributed by atoms with Crippen molar-refractivity contribution in [2.45, 2.75) is 31.7 Å². The fraction of sp³-hybridized carbons (Fsp3) is 0.579. The minimum Gasteiger partial charge on any atom is -0.371 e. The van der Waals surface area contributed by atoms with E-state index in [1.54, 1.807) is 0 Å². The maximum Gasteiger partial charge on any atom is 0.319 e. The normalized spacial score (nSPS) is 28.6. The fourth-order valence-electron chi connectivity index (χ4n) is 4.77. The highest BCUT2D eigenvalue weighted by molar-refractivity contribution is 6.03. The molecule has 0 saturated carbocycles. The van der Waals surface area contributed by atoms with Crippen LogP contribution in [-0.4, -0.2) is 54.7 Å². The van der Waals surface area contributed by atoms with Crippen molar-refractivity contribution in [3.63, 3.8) is 0 Å². The van der Waals surface area contributed by atoms with Crippen LogP contribution in [0.4, 0.5) is 5.69 Å². The van der Waals surface area contributed by atoms with Gasteiger partial charge in [-0.15, -0.1) is 5.10 Å². The van der Waals surface area contributed by atoms with E-state index >= 15 is 0 Å². The second-order valence-electron chi connectivity index (χ2n) is 7.77. The number of nitrogens with one attached hydrogen (secondary N) is 3. The van der Waals surface area contributed by atoms with Crippen LogP contribution in [0.25, 0.3) is 10.9 Å². The molecule has 0 radical (unpaired) electrons. The molecule has 1 aromatic carbocycles. The minimum atomic E-state index is 0.0129. The average Bonchev–Trinajstić information content (AvgIpc) is 3.32. The van der Waals surface area contributed by atoms with Crippen LogP contribution in [0.1, 0.15) is 36.2 Å². The number of carbonyl (C=O) groups is 1. The lowest BCUT2D eigenvalue weighted by Crippen LogP contribution is -2.57. The number of benzene rings is 1. The van der Waals surface area contributed by atoms with Crippen molar-refractivity contribution in [3.8, 4) is 0 Å². The van der Waals surface area contributed by atoms with Gasteiger partial charge in [-0.1, -0.05) is 0 Å². The second kappa shape index (κ2) is 6.02. The number of H-pyrrole nitrogens is 2. The number of fused-ring (bicyclic) bond motifs is 4. The van der Waals surface area contributed by atoms with Crippen LogP contribution in [0.3, 0.4) is 0 Å². The van der Waals surface area contributed by atoms with E-state index in [-0.39, 0.29) is 11.9 Å². The van der Waals surface area contributed by atoms with Crippen LogP contribution in [0.15, 0.2) is 18.2 Å². The number of anilines is 1. The summed E-state index contributed by atoms with van der Waals surface area (Å²) < 4.78 is 0. The van der Waals surface area contributed by atoms with Gasteiger partial charge in [-0.25, -0.2) is 0 Å². The summed E-state index contributed by atoms with van der Waals surface area (Å²) in [7, 11) is 0. The molecule has 25 heavy (non-hydrogen) atoms. The predicted molar refractivity (Wildman–Crippen MR) is 96.7 cm³/mol. The zero-order chi connectivity index (χ0) is 16.8. The summed E-state index contributed by atoms with van der Waals surface area (Å²) in [5.74, 6) is 0.653. The average molecular weight is 340 g/mol. The van der Waals surface area contributed by atoms with Crippen LogP contribution in [0.5, 0.6) is 0 Å². The van der Waals surface area contributed by atoms with Crippen LogP contribution >= 0.6 is 0 Å². The standard InChI is InChI=1S/C19H25N5O/c25-19(20-17-12-23-9-5-13(17)6-10-23)18-15-4-3-14(11-16(15)21-22-18)24-7-1-2-8-24/h3-4,11,13,17H,1-2,5-10,12H2,(H,20,25)(H,21,22)/p+1/t17-/m1/s1. The van der Waals surface area contributed by atoms with Crippen molar-refractivity contribution in [1.29, 1.82) is 0 Å². The van der Waals surface area contributed by atoms with Gasteiger partial charge in [-0.2, -0.15) is 5.10 Å². The van der Waals surface area contributed by atoms with E-state index in [2.05, 4.69) is 43.5 Å². The lowest BCUT2D eigenvalue weighted by Gasteiger charge is -2.44. The Morgan fingerprint density at radius 1 is 1.16 bits per heavy atom. The third-order valence-corrected chi connectivity index (χ3v) is 6.27. The molecule has 6 rings (SSSR count). The summed E-state index contributed by atoms with van der Waals surface area (Å²) in [6.45, 7) is 5.63. The molecule has 4 aliphatic heterocycles. The van der Waals surface area contributed by atoms with Gasteiger partial charge in [0, 0.05) is 31.4 Å². The molecule has 132 valence electrons. The maximum atomic E-state index is 12.8. The minimum absolute atomic E-state index is 0.0129. The van der Waals surface area contributed by atoms with Gasteiger partial charge in [0.15, 0.2) is 0 Å². The summed E-state index contributed by atoms with van der Waals surface area (Å²) in [6, 6.07) is 6.65. The molecule has 6 nitrogen and oxygen atoms in total. The molecule has 0 unspecified atom stereocenters. The number of hydrogen-bond acceptors (Lipinski definition) is 3. The summed E-state index contributed by atoms with van der Waals surface area (Å²) in [6.07, 6.45) is 4.95. The van der Waals surface area contributed by atoms with Gasteiger partial charge in [-0.05, 0) is 62.9 Å². The van der Waals surface area contributed by atoms with Gasteiger partial charge < -0.3 is 15.1 Å². The van der Waals surface area contributed by atoms with Gasteiger partial charge in [0.2, 0.25) is 0 Å². The van der Waals surface area contributed by atoms with E-state index in [1.807, 2.05) is 0 Å². The Morgan fingerprint density at radius 3 is 2.68 bits per heavy atom. The quantitative estimate of drug-likeness (QED) is 0.888. The van der Waals surface area contributed by atoms with Crippen molar-refractivity contribution >= 4 is 22.5 Å². The maximum absolute atomic E-state index is 12.8. The molecule has 2 aromatic rings. The first-order valence-corrected chi connectivity index (χ1v) is 9.59. The number of piperidine rings is 3. The molecule has 1 amide bonds. The number of rotatable bonds is 3. The van der Waals surface area contributed by atoms with E-state index in [0.717, 1.165) is 30.5 Å². The first kappa shape index (κ1) is 15.2. The molecule has 1 aromatic heterocycles. The zero-order valence-corrected chi connectivity index (χ0v) is 14.6. The summed E-state index contributed by atoms with van der Waals surface area (Å²) in [5, 5.41) is 10.5.